The van der Waals surface area contributed by atoms with Gasteiger partial charge in [0.2, 0.25) is 0 Å². The van der Waals surface area contributed by atoms with Crippen LogP contribution < -0.4 is 0 Å². The molecular formula is C13H9F3N2OS. The Labute approximate surface area is 117 Å². The monoisotopic (exact) mass is 298 g/mol. The van der Waals surface area contributed by atoms with Gasteiger partial charge < -0.3 is 0 Å². The van der Waals surface area contributed by atoms with Gasteiger partial charge in [-0.2, -0.15) is 13.2 Å². The minimum atomic E-state index is -4.40. The van der Waals surface area contributed by atoms with E-state index in [4.69, 9.17) is 0 Å². The minimum Gasteiger partial charge on any atom is -0.295 e. The van der Waals surface area contributed by atoms with Crippen molar-refractivity contribution in [3.8, 4) is 0 Å². The topological polar surface area (TPSA) is 42.9 Å². The molecule has 0 aromatic carbocycles. The molecule has 0 saturated carbocycles. The maximum absolute atomic E-state index is 12.4. The normalized spacial score (nSPS) is 11.4. The summed E-state index contributed by atoms with van der Waals surface area (Å²) in [4.78, 5) is 19.0. The highest BCUT2D eigenvalue weighted by Crippen LogP contribution is 2.31. The standard InChI is InChI=1S/C13H9F3N2OS/c1-8(19)9-4-5-17-12(6-9)20-11-3-2-10(7-18-11)13(14,15)16/h2-7H,1H3. The van der Waals surface area contributed by atoms with Gasteiger partial charge in [-0.05, 0) is 31.2 Å². The van der Waals surface area contributed by atoms with Gasteiger partial charge in [-0.15, -0.1) is 0 Å². The molecule has 3 nitrogen and oxygen atoms in total. The third-order valence-electron chi connectivity index (χ3n) is 2.41. The highest BCUT2D eigenvalue weighted by atomic mass is 32.2. The molecule has 7 heteroatoms. The molecule has 0 atom stereocenters. The van der Waals surface area contributed by atoms with Crippen LogP contribution in [0.2, 0.25) is 0 Å². The molecule has 2 rings (SSSR count). The Hall–Kier alpha value is -1.89. The molecule has 0 amide bonds. The molecule has 2 heterocycles. The van der Waals surface area contributed by atoms with Gasteiger partial charge in [-0.25, -0.2) is 9.97 Å². The number of rotatable bonds is 3. The predicted molar refractivity (Wildman–Crippen MR) is 67.6 cm³/mol. The number of alkyl halides is 3. The summed E-state index contributed by atoms with van der Waals surface area (Å²) < 4.78 is 37.2. The van der Waals surface area contributed by atoms with Crippen molar-refractivity contribution in [2.45, 2.75) is 23.2 Å². The molecule has 0 fully saturated rings. The second-order valence-corrected chi connectivity index (χ2v) is 4.96. The fourth-order valence-corrected chi connectivity index (χ4v) is 2.15. The van der Waals surface area contributed by atoms with E-state index in [1.165, 1.54) is 19.2 Å². The molecule has 20 heavy (non-hydrogen) atoms. The molecule has 2 aromatic rings. The van der Waals surface area contributed by atoms with Gasteiger partial charge in [-0.1, -0.05) is 11.8 Å². The molecule has 0 bridgehead atoms. The van der Waals surface area contributed by atoms with Gasteiger partial charge >= 0.3 is 6.18 Å². The Morgan fingerprint density at radius 2 is 1.90 bits per heavy atom. The van der Waals surface area contributed by atoms with Crippen LogP contribution in [0.4, 0.5) is 13.2 Å². The molecule has 0 aliphatic rings. The summed E-state index contributed by atoms with van der Waals surface area (Å²) in [5.41, 5.74) is -0.304. The Morgan fingerprint density at radius 3 is 2.45 bits per heavy atom. The van der Waals surface area contributed by atoms with E-state index >= 15 is 0 Å². The van der Waals surface area contributed by atoms with Crippen LogP contribution in [0, 0.1) is 0 Å². The largest absolute Gasteiger partial charge is 0.417 e. The van der Waals surface area contributed by atoms with E-state index in [9.17, 15) is 18.0 Å². The van der Waals surface area contributed by atoms with E-state index in [1.807, 2.05) is 0 Å². The van der Waals surface area contributed by atoms with Crippen molar-refractivity contribution in [3.63, 3.8) is 0 Å². The molecule has 0 radical (unpaired) electrons. The number of carbonyl (C=O) groups is 1. The zero-order chi connectivity index (χ0) is 14.8. The number of carbonyl (C=O) groups excluding carboxylic acids is 1. The molecular weight excluding hydrogens is 289 g/mol. The average Bonchev–Trinajstić information content (AvgIpc) is 2.38. The number of hydrogen-bond donors (Lipinski definition) is 0. The number of pyridine rings is 2. The van der Waals surface area contributed by atoms with Gasteiger partial charge in [0.1, 0.15) is 10.1 Å². The second kappa shape index (κ2) is 5.62. The summed E-state index contributed by atoms with van der Waals surface area (Å²) >= 11 is 1.10. The number of Topliss-reactive ketones (excluding diaryl/α,β-unsaturated/α-hetero) is 1. The Kier molecular flexibility index (Phi) is 4.08. The van der Waals surface area contributed by atoms with Crippen LogP contribution >= 0.6 is 11.8 Å². The lowest BCUT2D eigenvalue weighted by Gasteiger charge is -2.06. The van der Waals surface area contributed by atoms with E-state index in [1.54, 1.807) is 12.1 Å². The molecule has 104 valence electrons. The van der Waals surface area contributed by atoms with Crippen LogP contribution in [0.25, 0.3) is 0 Å². The first-order valence-electron chi connectivity index (χ1n) is 5.54. The number of nitrogens with zero attached hydrogens (tertiary/aromatic N) is 2. The maximum atomic E-state index is 12.4. The third-order valence-corrected chi connectivity index (χ3v) is 3.30. The van der Waals surface area contributed by atoms with E-state index in [2.05, 4.69) is 9.97 Å². The van der Waals surface area contributed by atoms with Crippen LogP contribution in [-0.4, -0.2) is 15.8 Å². The van der Waals surface area contributed by atoms with Crippen LogP contribution in [0.15, 0.2) is 46.7 Å². The van der Waals surface area contributed by atoms with Gasteiger partial charge in [0.05, 0.1) is 5.56 Å². The van der Waals surface area contributed by atoms with Crippen molar-refractivity contribution >= 4 is 17.5 Å². The number of aromatic nitrogens is 2. The lowest BCUT2D eigenvalue weighted by atomic mass is 10.2. The van der Waals surface area contributed by atoms with Gasteiger partial charge in [-0.3, -0.25) is 4.79 Å². The van der Waals surface area contributed by atoms with Crippen LogP contribution in [0.3, 0.4) is 0 Å². The lowest BCUT2D eigenvalue weighted by Crippen LogP contribution is -2.05. The first-order valence-corrected chi connectivity index (χ1v) is 6.36. The number of hydrogen-bond acceptors (Lipinski definition) is 4. The maximum Gasteiger partial charge on any atom is 0.417 e. The minimum absolute atomic E-state index is 0.102. The highest BCUT2D eigenvalue weighted by Gasteiger charge is 2.30. The number of halogens is 3. The van der Waals surface area contributed by atoms with Crippen LogP contribution in [-0.2, 0) is 6.18 Å². The fraction of sp³-hybridized carbons (Fsp3) is 0.154. The van der Waals surface area contributed by atoms with Crippen LogP contribution in [0.1, 0.15) is 22.8 Å². The molecule has 2 aromatic heterocycles. The first kappa shape index (κ1) is 14.5. The quantitative estimate of drug-likeness (QED) is 0.807. The molecule has 0 unspecified atom stereocenters. The third kappa shape index (κ3) is 3.57. The first-order chi connectivity index (χ1) is 9.36. The second-order valence-electron chi connectivity index (χ2n) is 3.92. The SMILES string of the molecule is CC(=O)c1ccnc(Sc2ccc(C(F)(F)F)cn2)c1. The Balaban J connectivity index is 2.18. The predicted octanol–water partition coefficient (Wildman–Crippen LogP) is 3.85. The van der Waals surface area contributed by atoms with E-state index in [-0.39, 0.29) is 5.78 Å². The summed E-state index contributed by atoms with van der Waals surface area (Å²) in [5, 5.41) is 0.885. The van der Waals surface area contributed by atoms with Crippen molar-refractivity contribution in [2.24, 2.45) is 0 Å². The average molecular weight is 298 g/mol. The number of ketones is 1. The van der Waals surface area contributed by atoms with E-state index in [0.29, 0.717) is 15.6 Å². The van der Waals surface area contributed by atoms with Crippen molar-refractivity contribution in [1.82, 2.24) is 9.97 Å². The van der Waals surface area contributed by atoms with Crippen molar-refractivity contribution < 1.29 is 18.0 Å². The Morgan fingerprint density at radius 1 is 1.15 bits per heavy atom. The molecule has 0 spiro atoms. The summed E-state index contributed by atoms with van der Waals surface area (Å²) in [6.07, 6.45) is -2.15. The highest BCUT2D eigenvalue weighted by molar-refractivity contribution is 7.99. The lowest BCUT2D eigenvalue weighted by molar-refractivity contribution is -0.137. The van der Waals surface area contributed by atoms with E-state index < -0.39 is 11.7 Å². The summed E-state index contributed by atoms with van der Waals surface area (Å²) in [6.45, 7) is 1.43. The van der Waals surface area contributed by atoms with Gasteiger partial charge in [0.15, 0.2) is 5.78 Å². The van der Waals surface area contributed by atoms with Gasteiger partial charge in [0, 0.05) is 18.0 Å². The smallest absolute Gasteiger partial charge is 0.295 e. The zero-order valence-electron chi connectivity index (χ0n) is 10.3. The van der Waals surface area contributed by atoms with Gasteiger partial charge in [0.25, 0.3) is 0 Å². The zero-order valence-corrected chi connectivity index (χ0v) is 11.1. The fourth-order valence-electron chi connectivity index (χ4n) is 1.40. The van der Waals surface area contributed by atoms with Crippen molar-refractivity contribution in [2.75, 3.05) is 0 Å². The van der Waals surface area contributed by atoms with E-state index in [0.717, 1.165) is 24.0 Å². The molecule has 0 N–H and O–H groups in total. The summed E-state index contributed by atoms with van der Waals surface area (Å²) in [6, 6.07) is 5.39. The van der Waals surface area contributed by atoms with Crippen LogP contribution in [0.5, 0.6) is 0 Å². The van der Waals surface area contributed by atoms with Crippen molar-refractivity contribution in [1.29, 1.82) is 0 Å². The van der Waals surface area contributed by atoms with Crippen molar-refractivity contribution in [3.05, 3.63) is 47.8 Å². The molecule has 0 aliphatic carbocycles. The Bertz CT molecular complexity index is 626. The summed E-state index contributed by atoms with van der Waals surface area (Å²) in [5.74, 6) is -0.102. The summed E-state index contributed by atoms with van der Waals surface area (Å²) in [7, 11) is 0. The molecule has 0 aliphatic heterocycles. The molecule has 0 saturated heterocycles.